The van der Waals surface area contributed by atoms with Crippen LogP contribution in [-0.4, -0.2) is 23.0 Å². The second kappa shape index (κ2) is 5.26. The first-order chi connectivity index (χ1) is 8.97. The third-order valence-electron chi connectivity index (χ3n) is 3.36. The van der Waals surface area contributed by atoms with E-state index in [0.717, 1.165) is 23.6 Å². The van der Waals surface area contributed by atoms with Crippen LogP contribution >= 0.6 is 0 Å². The van der Waals surface area contributed by atoms with Crippen LogP contribution in [0.15, 0.2) is 24.3 Å². The Morgan fingerprint density at radius 2 is 2.11 bits per heavy atom. The summed E-state index contributed by atoms with van der Waals surface area (Å²) in [4.78, 5) is 22.4. The summed E-state index contributed by atoms with van der Waals surface area (Å²) in [5, 5.41) is 11.6. The van der Waals surface area contributed by atoms with Gasteiger partial charge in [0, 0.05) is 17.7 Å². The minimum Gasteiger partial charge on any atom is -0.478 e. The molecular formula is C15H17NO3. The molecule has 0 spiro atoms. The number of aliphatic carboxylic acids is 1. The molecule has 0 saturated heterocycles. The number of carbonyl (C=O) groups is 2. The SMILES string of the molecule is Cc1cc(C(=O)NC2CC2C)ccc1/C=C/C(=O)O. The molecule has 0 aromatic heterocycles. The van der Waals surface area contributed by atoms with Crippen LogP contribution in [0.3, 0.4) is 0 Å². The third-order valence-corrected chi connectivity index (χ3v) is 3.36. The Hall–Kier alpha value is -2.10. The quantitative estimate of drug-likeness (QED) is 0.815. The van der Waals surface area contributed by atoms with Gasteiger partial charge in [0.15, 0.2) is 0 Å². The summed E-state index contributed by atoms with van der Waals surface area (Å²) >= 11 is 0. The Kier molecular flexibility index (Phi) is 3.69. The summed E-state index contributed by atoms with van der Waals surface area (Å²) in [7, 11) is 0. The van der Waals surface area contributed by atoms with Crippen LogP contribution in [0.5, 0.6) is 0 Å². The molecule has 2 N–H and O–H groups in total. The van der Waals surface area contributed by atoms with Crippen molar-refractivity contribution in [3.8, 4) is 0 Å². The molecule has 0 aliphatic heterocycles. The second-order valence-electron chi connectivity index (χ2n) is 5.04. The molecule has 0 heterocycles. The highest BCUT2D eigenvalue weighted by atomic mass is 16.4. The number of aryl methyl sites for hydroxylation is 1. The van der Waals surface area contributed by atoms with Crippen molar-refractivity contribution in [3.05, 3.63) is 41.0 Å². The van der Waals surface area contributed by atoms with E-state index in [4.69, 9.17) is 5.11 Å². The molecule has 1 aliphatic carbocycles. The smallest absolute Gasteiger partial charge is 0.328 e. The largest absolute Gasteiger partial charge is 0.478 e. The van der Waals surface area contributed by atoms with Gasteiger partial charge in [-0.3, -0.25) is 4.79 Å². The van der Waals surface area contributed by atoms with Crippen molar-refractivity contribution >= 4 is 18.0 Å². The molecule has 4 nitrogen and oxygen atoms in total. The summed E-state index contributed by atoms with van der Waals surface area (Å²) in [5.41, 5.74) is 2.30. The predicted molar refractivity (Wildman–Crippen MR) is 72.9 cm³/mol. The molecule has 1 aromatic rings. The fraction of sp³-hybridized carbons (Fsp3) is 0.333. The van der Waals surface area contributed by atoms with Crippen LogP contribution in [-0.2, 0) is 4.79 Å². The molecule has 2 rings (SSSR count). The number of carboxylic acids is 1. The van der Waals surface area contributed by atoms with Gasteiger partial charge in [-0.05, 0) is 48.6 Å². The summed E-state index contributed by atoms with van der Waals surface area (Å²) in [6.07, 6.45) is 3.67. The molecule has 1 aliphatic rings. The summed E-state index contributed by atoms with van der Waals surface area (Å²) in [6.45, 7) is 3.97. The van der Waals surface area contributed by atoms with E-state index in [9.17, 15) is 9.59 Å². The molecule has 1 fully saturated rings. The zero-order chi connectivity index (χ0) is 14.0. The van der Waals surface area contributed by atoms with Gasteiger partial charge in [0.2, 0.25) is 0 Å². The number of carboxylic acid groups (broad SMARTS) is 1. The Balaban J connectivity index is 2.09. The van der Waals surface area contributed by atoms with Gasteiger partial charge in [0.05, 0.1) is 0 Å². The van der Waals surface area contributed by atoms with E-state index >= 15 is 0 Å². The van der Waals surface area contributed by atoms with Crippen LogP contribution in [0.25, 0.3) is 6.08 Å². The van der Waals surface area contributed by atoms with Gasteiger partial charge < -0.3 is 10.4 Å². The van der Waals surface area contributed by atoms with Gasteiger partial charge in [-0.1, -0.05) is 13.0 Å². The summed E-state index contributed by atoms with van der Waals surface area (Å²) < 4.78 is 0. The number of amides is 1. The van der Waals surface area contributed by atoms with Crippen LogP contribution in [0.2, 0.25) is 0 Å². The fourth-order valence-electron chi connectivity index (χ4n) is 1.94. The van der Waals surface area contributed by atoms with E-state index in [0.29, 0.717) is 17.5 Å². The number of rotatable bonds is 4. The molecule has 2 atom stereocenters. The zero-order valence-electron chi connectivity index (χ0n) is 11.0. The molecule has 1 aromatic carbocycles. The molecule has 100 valence electrons. The van der Waals surface area contributed by atoms with E-state index in [1.807, 2.05) is 6.92 Å². The van der Waals surface area contributed by atoms with Crippen LogP contribution in [0.4, 0.5) is 0 Å². The molecule has 4 heteroatoms. The van der Waals surface area contributed by atoms with Crippen molar-refractivity contribution in [2.75, 3.05) is 0 Å². The van der Waals surface area contributed by atoms with E-state index in [1.165, 1.54) is 6.08 Å². The highest BCUT2D eigenvalue weighted by Gasteiger charge is 2.33. The first-order valence-corrected chi connectivity index (χ1v) is 6.30. The lowest BCUT2D eigenvalue weighted by atomic mass is 10.0. The maximum atomic E-state index is 11.9. The molecule has 1 saturated carbocycles. The van der Waals surface area contributed by atoms with Crippen molar-refractivity contribution in [1.29, 1.82) is 0 Å². The molecular weight excluding hydrogens is 242 g/mol. The first-order valence-electron chi connectivity index (χ1n) is 6.30. The van der Waals surface area contributed by atoms with Gasteiger partial charge in [-0.15, -0.1) is 0 Å². The minimum atomic E-state index is -0.982. The van der Waals surface area contributed by atoms with Crippen molar-refractivity contribution < 1.29 is 14.7 Å². The van der Waals surface area contributed by atoms with E-state index in [2.05, 4.69) is 12.2 Å². The number of benzene rings is 1. The monoisotopic (exact) mass is 259 g/mol. The molecule has 2 unspecified atom stereocenters. The number of hydrogen-bond acceptors (Lipinski definition) is 2. The lowest BCUT2D eigenvalue weighted by Gasteiger charge is -2.06. The first kappa shape index (κ1) is 13.3. The average molecular weight is 259 g/mol. The predicted octanol–water partition coefficient (Wildman–Crippen LogP) is 2.23. The van der Waals surface area contributed by atoms with Gasteiger partial charge in [0.25, 0.3) is 5.91 Å². The normalized spacial score (nSPS) is 21.4. The van der Waals surface area contributed by atoms with Gasteiger partial charge in [-0.25, -0.2) is 4.79 Å². The fourth-order valence-corrected chi connectivity index (χ4v) is 1.94. The Labute approximate surface area is 112 Å². The number of carbonyl (C=O) groups excluding carboxylic acids is 1. The Morgan fingerprint density at radius 1 is 1.42 bits per heavy atom. The average Bonchev–Trinajstić information content (AvgIpc) is 3.03. The number of hydrogen-bond donors (Lipinski definition) is 2. The van der Waals surface area contributed by atoms with Crippen LogP contribution in [0, 0.1) is 12.8 Å². The zero-order valence-corrected chi connectivity index (χ0v) is 11.0. The summed E-state index contributed by atoms with van der Waals surface area (Å²) in [6, 6.07) is 5.57. The van der Waals surface area contributed by atoms with E-state index in [1.54, 1.807) is 18.2 Å². The molecule has 1 amide bonds. The Bertz CT molecular complexity index is 548. The minimum absolute atomic E-state index is 0.0637. The molecule has 19 heavy (non-hydrogen) atoms. The number of nitrogens with one attached hydrogen (secondary N) is 1. The maximum absolute atomic E-state index is 11.9. The standard InChI is InChI=1S/C15H17NO3/c1-9-7-12(15(19)16-13-8-10(13)2)4-3-11(9)5-6-14(17)18/h3-7,10,13H,8H2,1-2H3,(H,16,19)(H,17,18)/b6-5+. The molecule has 0 bridgehead atoms. The van der Waals surface area contributed by atoms with Crippen molar-refractivity contribution in [3.63, 3.8) is 0 Å². The Morgan fingerprint density at radius 3 is 2.63 bits per heavy atom. The van der Waals surface area contributed by atoms with E-state index in [-0.39, 0.29) is 5.91 Å². The van der Waals surface area contributed by atoms with Gasteiger partial charge >= 0.3 is 5.97 Å². The van der Waals surface area contributed by atoms with E-state index < -0.39 is 5.97 Å². The van der Waals surface area contributed by atoms with Crippen LogP contribution in [0.1, 0.15) is 34.8 Å². The second-order valence-corrected chi connectivity index (χ2v) is 5.04. The van der Waals surface area contributed by atoms with Crippen molar-refractivity contribution in [2.45, 2.75) is 26.3 Å². The highest BCUT2D eigenvalue weighted by Crippen LogP contribution is 2.29. The molecule has 0 radical (unpaired) electrons. The third kappa shape index (κ3) is 3.44. The summed E-state index contributed by atoms with van der Waals surface area (Å²) in [5.74, 6) is -0.474. The lowest BCUT2D eigenvalue weighted by molar-refractivity contribution is -0.131. The highest BCUT2D eigenvalue weighted by molar-refractivity contribution is 5.95. The van der Waals surface area contributed by atoms with Gasteiger partial charge in [-0.2, -0.15) is 0 Å². The van der Waals surface area contributed by atoms with Crippen molar-refractivity contribution in [2.24, 2.45) is 5.92 Å². The van der Waals surface area contributed by atoms with Crippen molar-refractivity contribution in [1.82, 2.24) is 5.32 Å². The van der Waals surface area contributed by atoms with Gasteiger partial charge in [0.1, 0.15) is 0 Å². The maximum Gasteiger partial charge on any atom is 0.328 e. The topological polar surface area (TPSA) is 66.4 Å². The van der Waals surface area contributed by atoms with Crippen LogP contribution < -0.4 is 5.32 Å². The lowest BCUT2D eigenvalue weighted by Crippen LogP contribution is -2.26.